The third-order valence-electron chi connectivity index (χ3n) is 5.12. The number of hydrogen-bond donors (Lipinski definition) is 4. The Morgan fingerprint density at radius 2 is 1.87 bits per heavy atom. The van der Waals surface area contributed by atoms with Crippen LogP contribution in [0.2, 0.25) is 0 Å². The number of hydrogen-bond acceptors (Lipinski definition) is 12. The molecule has 2 rings (SSSR count). The molecule has 0 aliphatic carbocycles. The maximum Gasteiger partial charge on any atom is 0.406 e. The summed E-state index contributed by atoms with van der Waals surface area (Å²) in [5.41, 5.74) is -1.95. The molecule has 38 heavy (non-hydrogen) atoms. The minimum absolute atomic E-state index is 0.0818. The number of carbonyl (C=O) groups is 2. The van der Waals surface area contributed by atoms with Crippen LogP contribution < -0.4 is 16.3 Å². The molecule has 6 atom stereocenters. The van der Waals surface area contributed by atoms with Crippen LogP contribution in [0.25, 0.3) is 0 Å². The van der Waals surface area contributed by atoms with E-state index < -0.39 is 65.4 Å². The van der Waals surface area contributed by atoms with E-state index in [1.807, 2.05) is 0 Å². The molecular formula is C22H36N3O10PS2. The minimum atomic E-state index is -4.18. The number of nitrogens with zero attached hydrogens (tertiary/aromatic N) is 1. The number of rotatable bonds is 12. The Bertz CT molecular complexity index is 1140. The normalized spacial score (nSPS) is 24.2. The van der Waals surface area contributed by atoms with Crippen molar-refractivity contribution in [2.45, 2.75) is 76.5 Å². The number of aliphatic hydroxyl groups is 2. The van der Waals surface area contributed by atoms with Crippen LogP contribution >= 0.6 is 31.3 Å². The summed E-state index contributed by atoms with van der Waals surface area (Å²) in [4.78, 5) is 50.0. The van der Waals surface area contributed by atoms with Gasteiger partial charge in [0.25, 0.3) is 5.56 Å². The van der Waals surface area contributed by atoms with E-state index >= 15 is 0 Å². The second kappa shape index (κ2) is 13.8. The lowest BCUT2D eigenvalue weighted by atomic mass is 10.00. The summed E-state index contributed by atoms with van der Waals surface area (Å²) in [5, 5.41) is 21.7. The number of ether oxygens (including phenoxy) is 1. The fourth-order valence-corrected chi connectivity index (χ4v) is 7.09. The summed E-state index contributed by atoms with van der Waals surface area (Å²) in [7, 11) is -4.18. The van der Waals surface area contributed by atoms with E-state index in [-0.39, 0.29) is 24.1 Å². The van der Waals surface area contributed by atoms with Gasteiger partial charge in [0.2, 0.25) is 0 Å². The van der Waals surface area contributed by atoms with Crippen LogP contribution in [0.3, 0.4) is 0 Å². The molecule has 16 heteroatoms. The van der Waals surface area contributed by atoms with E-state index in [1.54, 1.807) is 34.6 Å². The van der Waals surface area contributed by atoms with Gasteiger partial charge in [0, 0.05) is 23.4 Å². The van der Waals surface area contributed by atoms with Gasteiger partial charge in [-0.15, -0.1) is 11.8 Å². The molecule has 1 aromatic rings. The fraction of sp³-hybridized carbons (Fsp3) is 0.727. The van der Waals surface area contributed by atoms with E-state index in [9.17, 15) is 34.0 Å². The Morgan fingerprint density at radius 3 is 2.45 bits per heavy atom. The number of aromatic nitrogens is 2. The molecule has 1 aliphatic heterocycles. The lowest BCUT2D eigenvalue weighted by molar-refractivity contribution is -0.149. The summed E-state index contributed by atoms with van der Waals surface area (Å²) in [5.74, 6) is -0.514. The van der Waals surface area contributed by atoms with Crippen LogP contribution in [-0.4, -0.2) is 79.4 Å². The predicted molar refractivity (Wildman–Crippen MR) is 144 cm³/mol. The molecule has 0 aromatic carbocycles. The van der Waals surface area contributed by atoms with Crippen molar-refractivity contribution in [2.24, 2.45) is 5.41 Å². The van der Waals surface area contributed by atoms with Crippen molar-refractivity contribution in [1.82, 2.24) is 14.6 Å². The minimum Gasteiger partial charge on any atom is -0.462 e. The lowest BCUT2D eigenvalue weighted by Crippen LogP contribution is -2.38. The van der Waals surface area contributed by atoms with Gasteiger partial charge < -0.3 is 14.9 Å². The van der Waals surface area contributed by atoms with Crippen molar-refractivity contribution in [3.8, 4) is 0 Å². The van der Waals surface area contributed by atoms with Gasteiger partial charge in [-0.25, -0.2) is 14.4 Å². The van der Waals surface area contributed by atoms with Crippen molar-refractivity contribution in [1.29, 1.82) is 0 Å². The van der Waals surface area contributed by atoms with Gasteiger partial charge in [0.15, 0.2) is 5.12 Å². The van der Waals surface area contributed by atoms with Crippen molar-refractivity contribution >= 4 is 42.4 Å². The molecule has 216 valence electrons. The van der Waals surface area contributed by atoms with Crippen LogP contribution in [0.5, 0.6) is 0 Å². The van der Waals surface area contributed by atoms with E-state index in [0.29, 0.717) is 0 Å². The molecule has 0 saturated carbocycles. The monoisotopic (exact) mass is 597 g/mol. The Labute approximate surface area is 229 Å². The topological polar surface area (TPSA) is 186 Å². The van der Waals surface area contributed by atoms with Gasteiger partial charge in [0.05, 0.1) is 30.7 Å². The van der Waals surface area contributed by atoms with E-state index in [1.165, 1.54) is 13.1 Å². The third kappa shape index (κ3) is 9.33. The molecule has 4 N–H and O–H groups in total. The smallest absolute Gasteiger partial charge is 0.406 e. The predicted octanol–water partition coefficient (Wildman–Crippen LogP) is 1.25. The molecule has 0 radical (unpaired) electrons. The molecule has 1 saturated heterocycles. The molecule has 2 unspecified atom stereocenters. The first-order valence-electron chi connectivity index (χ1n) is 11.9. The van der Waals surface area contributed by atoms with Crippen LogP contribution in [0.1, 0.15) is 46.9 Å². The highest BCUT2D eigenvalue weighted by Crippen LogP contribution is 2.48. The maximum atomic E-state index is 13.5. The number of nitrogens with one attached hydrogen (secondary N) is 2. The Balaban J connectivity index is 2.11. The van der Waals surface area contributed by atoms with Gasteiger partial charge in [-0.2, -0.15) is 0 Å². The number of H-pyrrole nitrogens is 1. The molecule has 0 spiro atoms. The number of esters is 1. The number of aromatic amines is 1. The summed E-state index contributed by atoms with van der Waals surface area (Å²) in [6.45, 7) is 9.52. The van der Waals surface area contributed by atoms with Crippen LogP contribution in [-0.2, 0) is 27.9 Å². The quantitative estimate of drug-likeness (QED) is 0.153. The third-order valence-corrected chi connectivity index (χ3v) is 9.63. The Morgan fingerprint density at radius 1 is 1.21 bits per heavy atom. The highest BCUT2D eigenvalue weighted by Gasteiger charge is 2.45. The highest BCUT2D eigenvalue weighted by molar-refractivity contribution is 8.13. The van der Waals surface area contributed by atoms with Crippen molar-refractivity contribution in [3.05, 3.63) is 33.1 Å². The molecular weight excluding hydrogens is 561 g/mol. The Hall–Kier alpha value is -1.45. The first-order chi connectivity index (χ1) is 17.5. The van der Waals surface area contributed by atoms with Crippen molar-refractivity contribution in [3.63, 3.8) is 0 Å². The molecule has 0 amide bonds. The summed E-state index contributed by atoms with van der Waals surface area (Å²) >= 11 is 1.99. The van der Waals surface area contributed by atoms with Gasteiger partial charge in [-0.05, 0) is 20.8 Å². The summed E-state index contributed by atoms with van der Waals surface area (Å²) in [6, 6.07) is 0.0305. The summed E-state index contributed by atoms with van der Waals surface area (Å²) in [6.07, 6.45) is -1.98. The average Bonchev–Trinajstić information content (AvgIpc) is 3.08. The Kier molecular flexibility index (Phi) is 11.9. The number of aliphatic hydroxyl groups excluding tert-OH is 2. The van der Waals surface area contributed by atoms with E-state index in [2.05, 4.69) is 10.1 Å². The van der Waals surface area contributed by atoms with Gasteiger partial charge >= 0.3 is 19.4 Å². The molecule has 1 aliphatic rings. The first-order valence-corrected chi connectivity index (χ1v) is 15.4. The zero-order valence-corrected chi connectivity index (χ0v) is 24.6. The number of carbonyl (C=O) groups excluding carboxylic acids is 2. The van der Waals surface area contributed by atoms with Crippen molar-refractivity contribution < 1.29 is 38.2 Å². The SMILES string of the molecule is CC(C)OC(=O)[C@@H](C)NP(=O)(OCCSC(=O)C(C)(C)C)OCC1S[C@@H](n2ccc(=O)[nH]c2=O)[C@H](O)[C@@H]1O. The van der Waals surface area contributed by atoms with Gasteiger partial charge in [-0.3, -0.25) is 33.0 Å². The van der Waals surface area contributed by atoms with E-state index in [0.717, 1.165) is 34.2 Å². The van der Waals surface area contributed by atoms with Crippen molar-refractivity contribution in [2.75, 3.05) is 19.0 Å². The molecule has 13 nitrogen and oxygen atoms in total. The van der Waals surface area contributed by atoms with Crippen LogP contribution in [0.4, 0.5) is 0 Å². The van der Waals surface area contributed by atoms with Gasteiger partial charge in [-0.1, -0.05) is 32.5 Å². The maximum absolute atomic E-state index is 13.5. The molecule has 2 heterocycles. The number of thioether (sulfide) groups is 2. The second-order valence-electron chi connectivity index (χ2n) is 9.91. The fourth-order valence-electron chi connectivity index (χ4n) is 3.14. The largest absolute Gasteiger partial charge is 0.462 e. The average molecular weight is 598 g/mol. The molecule has 1 aromatic heterocycles. The second-order valence-corrected chi connectivity index (χ2v) is 14.1. The first kappa shape index (κ1) is 32.8. The lowest BCUT2D eigenvalue weighted by Gasteiger charge is -2.25. The summed E-state index contributed by atoms with van der Waals surface area (Å²) < 4.78 is 30.8. The molecule has 0 bridgehead atoms. The molecule has 1 fully saturated rings. The van der Waals surface area contributed by atoms with Crippen LogP contribution in [0.15, 0.2) is 21.9 Å². The van der Waals surface area contributed by atoms with Crippen LogP contribution in [0, 0.1) is 5.41 Å². The zero-order chi connectivity index (χ0) is 28.8. The van der Waals surface area contributed by atoms with Gasteiger partial charge in [0.1, 0.15) is 17.5 Å². The standard InChI is InChI=1S/C22H36N3O10PS2/c1-12(2)35-19(29)13(3)24-36(32,33-9-10-37-20(30)22(4,5)6)34-11-14-16(27)17(28)18(38-14)25-8-7-15(26)23-21(25)31/h7-8,12-14,16-18,27-28H,9-11H2,1-6H3,(H,24,32)(H,23,26,31)/t13-,14?,16-,17-,18-,36?/m1/s1. The van der Waals surface area contributed by atoms with E-state index in [4.69, 9.17) is 13.8 Å². The highest BCUT2D eigenvalue weighted by atomic mass is 32.2. The zero-order valence-electron chi connectivity index (χ0n) is 22.1.